The third kappa shape index (κ3) is 5.41. The van der Waals surface area contributed by atoms with Crippen molar-refractivity contribution in [3.8, 4) is 5.75 Å². The number of nitrogens with zero attached hydrogens (tertiary/aromatic N) is 1. The standard InChI is InChI=1S/C24H24BrFN2O3/c1-3-27-24(30)16(2)28(14-18-9-5-7-11-20(18)26)22(29)15-31-21-13-12-17-8-4-6-10-19(17)23(21)25/h4-13,16H,3,14-15H2,1-2H3,(H,27,30). The smallest absolute Gasteiger partial charge is 0.261 e. The van der Waals surface area contributed by atoms with E-state index in [9.17, 15) is 14.0 Å². The summed E-state index contributed by atoms with van der Waals surface area (Å²) in [7, 11) is 0. The summed E-state index contributed by atoms with van der Waals surface area (Å²) in [5.74, 6) is -0.633. The molecule has 0 aliphatic rings. The summed E-state index contributed by atoms with van der Waals surface area (Å²) in [5.41, 5.74) is 0.332. The van der Waals surface area contributed by atoms with Crippen molar-refractivity contribution >= 4 is 38.5 Å². The molecule has 5 nitrogen and oxygen atoms in total. The normalized spacial score (nSPS) is 11.7. The zero-order valence-electron chi connectivity index (χ0n) is 17.4. The van der Waals surface area contributed by atoms with E-state index in [0.29, 0.717) is 17.9 Å². The Morgan fingerprint density at radius 3 is 2.55 bits per heavy atom. The highest BCUT2D eigenvalue weighted by Crippen LogP contribution is 2.33. The van der Waals surface area contributed by atoms with Gasteiger partial charge in [-0.25, -0.2) is 4.39 Å². The van der Waals surface area contributed by atoms with Gasteiger partial charge in [0.05, 0.1) is 4.47 Å². The molecule has 3 rings (SSSR count). The van der Waals surface area contributed by atoms with Crippen molar-refractivity contribution in [1.82, 2.24) is 10.2 Å². The molecule has 0 aromatic heterocycles. The maximum atomic E-state index is 14.2. The summed E-state index contributed by atoms with van der Waals surface area (Å²) in [6, 6.07) is 16.9. The molecule has 0 fully saturated rings. The van der Waals surface area contributed by atoms with Crippen molar-refractivity contribution < 1.29 is 18.7 Å². The molecule has 0 heterocycles. The van der Waals surface area contributed by atoms with E-state index < -0.39 is 17.8 Å². The molecule has 1 unspecified atom stereocenters. The van der Waals surface area contributed by atoms with Gasteiger partial charge in [-0.3, -0.25) is 9.59 Å². The lowest BCUT2D eigenvalue weighted by atomic mass is 10.1. The monoisotopic (exact) mass is 486 g/mol. The fraction of sp³-hybridized carbons (Fsp3) is 0.250. The fourth-order valence-corrected chi connectivity index (χ4v) is 3.87. The maximum absolute atomic E-state index is 14.2. The minimum Gasteiger partial charge on any atom is -0.483 e. The minimum atomic E-state index is -0.782. The molecule has 162 valence electrons. The number of carbonyl (C=O) groups is 2. The number of hydrogen-bond acceptors (Lipinski definition) is 3. The first-order valence-electron chi connectivity index (χ1n) is 10.0. The van der Waals surface area contributed by atoms with Gasteiger partial charge >= 0.3 is 0 Å². The van der Waals surface area contributed by atoms with Gasteiger partial charge < -0.3 is 15.0 Å². The van der Waals surface area contributed by atoms with E-state index in [1.54, 1.807) is 38.1 Å². The van der Waals surface area contributed by atoms with Crippen molar-refractivity contribution in [3.63, 3.8) is 0 Å². The van der Waals surface area contributed by atoms with Crippen molar-refractivity contribution in [2.24, 2.45) is 0 Å². The SMILES string of the molecule is CCNC(=O)C(C)N(Cc1ccccc1F)C(=O)COc1ccc2ccccc2c1Br. The largest absolute Gasteiger partial charge is 0.483 e. The molecular formula is C24H24BrFN2O3. The van der Waals surface area contributed by atoms with Crippen molar-refractivity contribution in [1.29, 1.82) is 0 Å². The molecule has 1 N–H and O–H groups in total. The van der Waals surface area contributed by atoms with Gasteiger partial charge in [-0.1, -0.05) is 48.5 Å². The van der Waals surface area contributed by atoms with E-state index >= 15 is 0 Å². The van der Waals surface area contributed by atoms with Crippen LogP contribution in [-0.2, 0) is 16.1 Å². The number of nitrogens with one attached hydrogen (secondary N) is 1. The molecular weight excluding hydrogens is 463 g/mol. The van der Waals surface area contributed by atoms with E-state index in [2.05, 4.69) is 21.2 Å². The van der Waals surface area contributed by atoms with Gasteiger partial charge in [0.1, 0.15) is 17.6 Å². The summed E-state index contributed by atoms with van der Waals surface area (Å²) in [6.07, 6.45) is 0. The highest BCUT2D eigenvalue weighted by atomic mass is 79.9. The van der Waals surface area contributed by atoms with Gasteiger partial charge in [0.15, 0.2) is 6.61 Å². The van der Waals surface area contributed by atoms with Crippen LogP contribution in [0, 0.1) is 5.82 Å². The average molecular weight is 487 g/mol. The van der Waals surface area contributed by atoms with Crippen molar-refractivity contribution in [3.05, 3.63) is 76.5 Å². The van der Waals surface area contributed by atoms with Crippen LogP contribution in [0.5, 0.6) is 5.75 Å². The molecule has 0 bridgehead atoms. The van der Waals surface area contributed by atoms with Crippen LogP contribution in [-0.4, -0.2) is 35.9 Å². The molecule has 7 heteroatoms. The third-order valence-corrected chi connectivity index (χ3v) is 5.81. The van der Waals surface area contributed by atoms with Gasteiger partial charge in [0.25, 0.3) is 5.91 Å². The lowest BCUT2D eigenvalue weighted by molar-refractivity contribution is -0.142. The minimum absolute atomic E-state index is 0.0357. The molecule has 31 heavy (non-hydrogen) atoms. The molecule has 0 radical (unpaired) electrons. The van der Waals surface area contributed by atoms with Gasteiger partial charge in [0, 0.05) is 18.7 Å². The van der Waals surface area contributed by atoms with Crippen molar-refractivity contribution in [2.75, 3.05) is 13.2 Å². The summed E-state index contributed by atoms with van der Waals surface area (Å²) in [4.78, 5) is 26.8. The number of hydrogen-bond donors (Lipinski definition) is 1. The average Bonchev–Trinajstić information content (AvgIpc) is 2.78. The van der Waals surface area contributed by atoms with E-state index in [1.807, 2.05) is 30.3 Å². The Balaban J connectivity index is 1.80. The van der Waals surface area contributed by atoms with Crippen LogP contribution in [0.15, 0.2) is 65.1 Å². The number of benzene rings is 3. The number of fused-ring (bicyclic) bond motifs is 1. The fourth-order valence-electron chi connectivity index (χ4n) is 3.26. The highest BCUT2D eigenvalue weighted by molar-refractivity contribution is 9.10. The second-order valence-electron chi connectivity index (χ2n) is 7.07. The summed E-state index contributed by atoms with van der Waals surface area (Å²) in [5, 5.41) is 4.71. The number of halogens is 2. The number of likely N-dealkylation sites (N-methyl/N-ethyl adjacent to an activating group) is 1. The summed E-state index contributed by atoms with van der Waals surface area (Å²) < 4.78 is 20.7. The van der Waals surface area contributed by atoms with Crippen LogP contribution in [0.3, 0.4) is 0 Å². The molecule has 3 aromatic carbocycles. The molecule has 0 spiro atoms. The number of rotatable bonds is 8. The van der Waals surface area contributed by atoms with Crippen LogP contribution in [0.4, 0.5) is 4.39 Å². The first-order chi connectivity index (χ1) is 14.9. The van der Waals surface area contributed by atoms with Gasteiger partial charge in [-0.05, 0) is 52.7 Å². The lowest BCUT2D eigenvalue weighted by Crippen LogP contribution is -2.49. The predicted octanol–water partition coefficient (Wildman–Crippen LogP) is 4.67. The molecule has 1 atom stereocenters. The predicted molar refractivity (Wildman–Crippen MR) is 122 cm³/mol. The van der Waals surface area contributed by atoms with E-state index in [4.69, 9.17) is 4.74 Å². The molecule has 0 aliphatic carbocycles. The second-order valence-corrected chi connectivity index (χ2v) is 7.86. The van der Waals surface area contributed by atoms with Crippen LogP contribution < -0.4 is 10.1 Å². The highest BCUT2D eigenvalue weighted by Gasteiger charge is 2.27. The Morgan fingerprint density at radius 2 is 1.81 bits per heavy atom. The summed E-state index contributed by atoms with van der Waals surface area (Å²) >= 11 is 3.54. The molecule has 2 amide bonds. The first-order valence-corrected chi connectivity index (χ1v) is 10.8. The topological polar surface area (TPSA) is 58.6 Å². The van der Waals surface area contributed by atoms with E-state index in [0.717, 1.165) is 15.2 Å². The zero-order valence-corrected chi connectivity index (χ0v) is 19.0. The Labute approximate surface area is 189 Å². The number of amides is 2. The first kappa shape index (κ1) is 22.7. The van der Waals surface area contributed by atoms with Crippen LogP contribution in [0.2, 0.25) is 0 Å². The van der Waals surface area contributed by atoms with Crippen LogP contribution in [0.25, 0.3) is 10.8 Å². The van der Waals surface area contributed by atoms with Gasteiger partial charge in [-0.2, -0.15) is 0 Å². The molecule has 0 saturated carbocycles. The lowest BCUT2D eigenvalue weighted by Gasteiger charge is -2.28. The Hall–Kier alpha value is -2.93. The molecule has 0 saturated heterocycles. The Kier molecular flexibility index (Phi) is 7.63. The zero-order chi connectivity index (χ0) is 22.4. The molecule has 0 aliphatic heterocycles. The quantitative estimate of drug-likeness (QED) is 0.503. The number of ether oxygens (including phenoxy) is 1. The maximum Gasteiger partial charge on any atom is 0.261 e. The Morgan fingerprint density at radius 1 is 1.10 bits per heavy atom. The van der Waals surface area contributed by atoms with E-state index in [1.165, 1.54) is 11.0 Å². The number of carbonyl (C=O) groups excluding carboxylic acids is 2. The van der Waals surface area contributed by atoms with Crippen LogP contribution >= 0.6 is 15.9 Å². The second kappa shape index (κ2) is 10.4. The van der Waals surface area contributed by atoms with Crippen molar-refractivity contribution in [2.45, 2.75) is 26.4 Å². The third-order valence-electron chi connectivity index (χ3n) is 5.00. The van der Waals surface area contributed by atoms with E-state index in [-0.39, 0.29) is 19.1 Å². The van der Waals surface area contributed by atoms with Gasteiger partial charge in [-0.15, -0.1) is 0 Å². The Bertz CT molecular complexity index is 1090. The summed E-state index contributed by atoms with van der Waals surface area (Å²) in [6.45, 7) is 3.54. The van der Waals surface area contributed by atoms with Crippen LogP contribution in [0.1, 0.15) is 19.4 Å². The molecule has 3 aromatic rings. The van der Waals surface area contributed by atoms with Gasteiger partial charge in [0.2, 0.25) is 5.91 Å².